The van der Waals surface area contributed by atoms with E-state index in [1.807, 2.05) is 0 Å². The third kappa shape index (κ3) is 6.42. The van der Waals surface area contributed by atoms with Crippen molar-refractivity contribution in [3.05, 3.63) is 82.5 Å². The van der Waals surface area contributed by atoms with Crippen LogP contribution in [0.5, 0.6) is 5.75 Å². The predicted molar refractivity (Wildman–Crippen MR) is 156 cm³/mol. The van der Waals surface area contributed by atoms with E-state index in [-0.39, 0.29) is 30.8 Å². The fourth-order valence-corrected chi connectivity index (χ4v) is 5.60. The van der Waals surface area contributed by atoms with Crippen molar-refractivity contribution in [2.45, 2.75) is 43.7 Å². The summed E-state index contributed by atoms with van der Waals surface area (Å²) in [6, 6.07) is 4.51. The molecule has 1 fully saturated rings. The second kappa shape index (κ2) is 12.9. The van der Waals surface area contributed by atoms with E-state index in [1.54, 1.807) is 0 Å². The number of carbonyl (C=O) groups is 2. The van der Waals surface area contributed by atoms with Crippen molar-refractivity contribution in [2.75, 3.05) is 24.3 Å². The molecule has 0 atom stereocenters. The number of hydrogen-bond acceptors (Lipinski definition) is 7. The standard InChI is InChI=1S/C30H24BrF8N5O4/c1-43-28(7-2-8-28)25(45)22(27(47)44(43)13-15-3-6-20(48-10-9-31)24(33)23(15)32)26(46)42-18-5-4-16(29(34,35)36)11-17(18)19-12-21(30(37,38)39)41-14-40-19/h3-6,11-12,14,45H,2,7-10,13H2,1H3,(H,42,46). The molecule has 2 aromatic carbocycles. The molecule has 256 valence electrons. The molecule has 18 heteroatoms. The van der Waals surface area contributed by atoms with E-state index >= 15 is 4.39 Å². The largest absolute Gasteiger partial charge is 0.509 e. The molecule has 1 spiro atoms. The van der Waals surface area contributed by atoms with Gasteiger partial charge in [-0.2, -0.15) is 30.7 Å². The summed E-state index contributed by atoms with van der Waals surface area (Å²) in [7, 11) is 1.41. The monoisotopic (exact) mass is 749 g/mol. The molecular weight excluding hydrogens is 726 g/mol. The maximum atomic E-state index is 15.1. The summed E-state index contributed by atoms with van der Waals surface area (Å²) in [4.78, 5) is 34.2. The number of aliphatic hydroxyl groups is 1. The number of carbonyl (C=O) groups excluding carboxylic acids is 2. The molecular formula is C30H24BrF8N5O4. The number of nitrogens with one attached hydrogen (secondary N) is 1. The van der Waals surface area contributed by atoms with Crippen LogP contribution in [0, 0.1) is 11.6 Å². The summed E-state index contributed by atoms with van der Waals surface area (Å²) in [5, 5.41) is 16.1. The fraction of sp³-hybridized carbons (Fsp3) is 0.333. The third-order valence-electron chi connectivity index (χ3n) is 8.13. The second-order valence-corrected chi connectivity index (χ2v) is 11.7. The van der Waals surface area contributed by atoms with E-state index in [2.05, 4.69) is 31.2 Å². The smallest absolute Gasteiger partial charge is 0.433 e. The highest BCUT2D eigenvalue weighted by molar-refractivity contribution is 9.09. The molecule has 3 aromatic rings. The van der Waals surface area contributed by atoms with Crippen LogP contribution in [-0.2, 0) is 28.5 Å². The van der Waals surface area contributed by atoms with Crippen molar-refractivity contribution in [1.29, 1.82) is 0 Å². The molecule has 2 aliphatic rings. The topological polar surface area (TPSA) is 108 Å². The van der Waals surface area contributed by atoms with E-state index < -0.39 is 87.4 Å². The Hall–Kier alpha value is -4.32. The van der Waals surface area contributed by atoms with Gasteiger partial charge in [0.1, 0.15) is 23.4 Å². The van der Waals surface area contributed by atoms with Gasteiger partial charge in [-0.05, 0) is 49.6 Å². The predicted octanol–water partition coefficient (Wildman–Crippen LogP) is 6.80. The number of nitrogens with zero attached hydrogens (tertiary/aromatic N) is 4. The van der Waals surface area contributed by atoms with Gasteiger partial charge < -0.3 is 15.2 Å². The average molecular weight is 750 g/mol. The lowest BCUT2D eigenvalue weighted by Gasteiger charge is -2.54. The molecule has 2 amide bonds. The van der Waals surface area contributed by atoms with Crippen molar-refractivity contribution in [1.82, 2.24) is 20.0 Å². The van der Waals surface area contributed by atoms with Gasteiger partial charge >= 0.3 is 12.4 Å². The summed E-state index contributed by atoms with van der Waals surface area (Å²) >= 11 is 3.11. The molecule has 1 aliphatic carbocycles. The second-order valence-electron chi connectivity index (χ2n) is 10.9. The number of benzene rings is 2. The van der Waals surface area contributed by atoms with Gasteiger partial charge in [0.05, 0.1) is 35.6 Å². The number of aliphatic hydroxyl groups excluding tert-OH is 1. The Morgan fingerprint density at radius 1 is 1.04 bits per heavy atom. The van der Waals surface area contributed by atoms with E-state index in [9.17, 15) is 45.4 Å². The van der Waals surface area contributed by atoms with Crippen LogP contribution < -0.4 is 10.1 Å². The van der Waals surface area contributed by atoms with Crippen LogP contribution in [0.1, 0.15) is 36.1 Å². The molecule has 0 unspecified atom stereocenters. The molecule has 5 rings (SSSR count). The Balaban J connectivity index is 1.53. The van der Waals surface area contributed by atoms with Crippen LogP contribution in [0.15, 0.2) is 54.1 Å². The van der Waals surface area contributed by atoms with Crippen molar-refractivity contribution < 1.29 is 54.6 Å². The van der Waals surface area contributed by atoms with Gasteiger partial charge in [-0.15, -0.1) is 0 Å². The van der Waals surface area contributed by atoms with Gasteiger partial charge in [-0.25, -0.2) is 19.4 Å². The van der Waals surface area contributed by atoms with Gasteiger partial charge in [0.25, 0.3) is 11.8 Å². The molecule has 1 aromatic heterocycles. The van der Waals surface area contributed by atoms with E-state index in [4.69, 9.17) is 4.74 Å². The first-order chi connectivity index (χ1) is 22.5. The number of likely N-dealkylation sites (N-methyl/N-ethyl adjacent to an activating group) is 1. The molecule has 0 saturated heterocycles. The maximum Gasteiger partial charge on any atom is 0.433 e. The minimum atomic E-state index is -4.98. The van der Waals surface area contributed by atoms with Crippen LogP contribution in [0.3, 0.4) is 0 Å². The van der Waals surface area contributed by atoms with Crippen LogP contribution >= 0.6 is 15.9 Å². The number of anilines is 1. The van der Waals surface area contributed by atoms with Crippen molar-refractivity contribution in [3.63, 3.8) is 0 Å². The highest BCUT2D eigenvalue weighted by Crippen LogP contribution is 2.47. The number of alkyl halides is 7. The Morgan fingerprint density at radius 3 is 2.35 bits per heavy atom. The van der Waals surface area contributed by atoms with Gasteiger partial charge in [-0.3, -0.25) is 14.6 Å². The summed E-state index contributed by atoms with van der Waals surface area (Å²) < 4.78 is 116. The van der Waals surface area contributed by atoms with E-state index in [0.717, 1.165) is 17.1 Å². The van der Waals surface area contributed by atoms with Gasteiger partial charge in [-0.1, -0.05) is 22.0 Å². The number of hydrogen-bond donors (Lipinski definition) is 2. The molecule has 2 heterocycles. The lowest BCUT2D eigenvalue weighted by atomic mass is 9.72. The quantitative estimate of drug-likeness (QED) is 0.148. The van der Waals surface area contributed by atoms with Crippen LogP contribution in [0.25, 0.3) is 11.3 Å². The van der Waals surface area contributed by atoms with Crippen LogP contribution in [0.2, 0.25) is 0 Å². The average Bonchev–Trinajstić information content (AvgIpc) is 2.99. The lowest BCUT2D eigenvalue weighted by molar-refractivity contribution is -0.172. The zero-order valence-electron chi connectivity index (χ0n) is 24.6. The van der Waals surface area contributed by atoms with Gasteiger partial charge in [0.2, 0.25) is 5.82 Å². The summed E-state index contributed by atoms with van der Waals surface area (Å²) in [6.07, 6.45) is -8.42. The summed E-state index contributed by atoms with van der Waals surface area (Å²) in [5.41, 5.74) is -6.93. The molecule has 0 radical (unpaired) electrons. The normalized spacial score (nSPS) is 16.7. The number of rotatable bonds is 8. The van der Waals surface area contributed by atoms with Crippen molar-refractivity contribution in [3.8, 4) is 17.0 Å². The Morgan fingerprint density at radius 2 is 1.75 bits per heavy atom. The van der Waals surface area contributed by atoms with E-state index in [1.165, 1.54) is 18.1 Å². The molecule has 1 saturated carbocycles. The lowest BCUT2D eigenvalue weighted by Crippen LogP contribution is -2.65. The first-order valence-corrected chi connectivity index (χ1v) is 15.2. The molecule has 48 heavy (non-hydrogen) atoms. The summed E-state index contributed by atoms with van der Waals surface area (Å²) in [5.74, 6) is -6.18. The SMILES string of the molecule is CN1N(Cc2ccc(OCCBr)c(F)c2F)C(=O)C(C(=O)Nc2ccc(C(F)(F)F)cc2-c2cc(C(F)(F)F)ncn2)=C(O)C12CCC2. The molecule has 0 bridgehead atoms. The first kappa shape index (κ1) is 35.0. The zero-order valence-corrected chi connectivity index (χ0v) is 26.2. The third-order valence-corrected chi connectivity index (χ3v) is 8.45. The van der Waals surface area contributed by atoms with Crippen molar-refractivity contribution >= 4 is 33.4 Å². The van der Waals surface area contributed by atoms with Crippen LogP contribution in [0.4, 0.5) is 40.8 Å². The van der Waals surface area contributed by atoms with Crippen molar-refractivity contribution in [2.24, 2.45) is 0 Å². The summed E-state index contributed by atoms with van der Waals surface area (Å²) in [6.45, 7) is -0.565. The van der Waals surface area contributed by atoms with Crippen LogP contribution in [-0.4, -0.2) is 61.4 Å². The van der Waals surface area contributed by atoms with Gasteiger partial charge in [0, 0.05) is 23.5 Å². The highest BCUT2D eigenvalue weighted by atomic mass is 79.9. The number of hydrazine groups is 1. The van der Waals surface area contributed by atoms with E-state index in [0.29, 0.717) is 36.3 Å². The first-order valence-electron chi connectivity index (χ1n) is 14.1. The zero-order chi connectivity index (χ0) is 35.2. The number of ether oxygens (including phenoxy) is 1. The highest BCUT2D eigenvalue weighted by Gasteiger charge is 2.55. The molecule has 2 N–H and O–H groups in total. The number of halogens is 9. The Kier molecular flexibility index (Phi) is 9.44. The Labute approximate surface area is 275 Å². The number of amides is 2. The minimum Gasteiger partial charge on any atom is -0.509 e. The number of aromatic nitrogens is 2. The molecule has 9 nitrogen and oxygen atoms in total. The molecule has 1 aliphatic heterocycles. The maximum absolute atomic E-state index is 15.1. The van der Waals surface area contributed by atoms with Gasteiger partial charge in [0.15, 0.2) is 11.6 Å². The minimum absolute atomic E-state index is 0.0372. The fourth-order valence-electron chi connectivity index (χ4n) is 5.44. The Bertz CT molecular complexity index is 1800.